The fourth-order valence-corrected chi connectivity index (χ4v) is 1.15. The molecule has 1 unspecified atom stereocenters. The minimum atomic E-state index is -0.799. The van der Waals surface area contributed by atoms with Gasteiger partial charge in [-0.15, -0.1) is 0 Å². The molecule has 0 saturated carbocycles. The lowest BCUT2D eigenvalue weighted by Gasteiger charge is -2.12. The molecular formula is C11H14FNO3. The van der Waals surface area contributed by atoms with E-state index in [0.717, 1.165) is 0 Å². The van der Waals surface area contributed by atoms with Crippen LogP contribution >= 0.6 is 0 Å². The van der Waals surface area contributed by atoms with Crippen molar-refractivity contribution in [3.8, 4) is 0 Å². The van der Waals surface area contributed by atoms with Gasteiger partial charge in [0.05, 0.1) is 0 Å². The fraction of sp³-hybridized carbons (Fsp3) is 0.364. The average molecular weight is 227 g/mol. The fourth-order valence-electron chi connectivity index (χ4n) is 1.15. The van der Waals surface area contributed by atoms with Gasteiger partial charge in [-0.3, -0.25) is 0 Å². The number of hydrogen-bond acceptors (Lipinski definition) is 4. The van der Waals surface area contributed by atoms with Crippen molar-refractivity contribution in [2.45, 2.75) is 12.7 Å². The summed E-state index contributed by atoms with van der Waals surface area (Å²) in [7, 11) is 1.36. The predicted molar refractivity (Wildman–Crippen MR) is 56.0 cm³/mol. The Balaban J connectivity index is 2.52. The zero-order valence-electron chi connectivity index (χ0n) is 8.98. The first kappa shape index (κ1) is 12.6. The van der Waals surface area contributed by atoms with Gasteiger partial charge in [0.1, 0.15) is 12.4 Å². The molecule has 0 aliphatic heterocycles. The number of carbonyl (C=O) groups excluding carboxylic acids is 1. The van der Waals surface area contributed by atoms with Crippen molar-refractivity contribution in [3.63, 3.8) is 0 Å². The van der Waals surface area contributed by atoms with Crippen molar-refractivity contribution in [2.75, 3.05) is 13.7 Å². The zero-order valence-corrected chi connectivity index (χ0v) is 8.98. The van der Waals surface area contributed by atoms with Crippen LogP contribution in [0.1, 0.15) is 5.56 Å². The van der Waals surface area contributed by atoms with E-state index >= 15 is 0 Å². The van der Waals surface area contributed by atoms with Gasteiger partial charge in [-0.2, -0.15) is 0 Å². The van der Waals surface area contributed by atoms with Crippen LogP contribution in [0.25, 0.3) is 0 Å². The number of methoxy groups -OCH3 is 1. The minimum Gasteiger partial charge on any atom is -0.459 e. The third kappa shape index (κ3) is 3.29. The van der Waals surface area contributed by atoms with E-state index in [1.54, 1.807) is 18.2 Å². The molecule has 0 aromatic heterocycles. The molecule has 0 amide bonds. The van der Waals surface area contributed by atoms with Gasteiger partial charge in [0.2, 0.25) is 0 Å². The number of hydrogen-bond donors (Lipinski definition) is 1. The van der Waals surface area contributed by atoms with Crippen molar-refractivity contribution in [1.82, 2.24) is 0 Å². The van der Waals surface area contributed by atoms with Gasteiger partial charge < -0.3 is 15.2 Å². The van der Waals surface area contributed by atoms with Crippen LogP contribution in [0.3, 0.4) is 0 Å². The second kappa shape index (κ2) is 6.19. The molecule has 0 spiro atoms. The van der Waals surface area contributed by atoms with Crippen LogP contribution in [-0.2, 0) is 20.9 Å². The lowest BCUT2D eigenvalue weighted by Crippen LogP contribution is -2.32. The van der Waals surface area contributed by atoms with Crippen molar-refractivity contribution in [2.24, 2.45) is 5.73 Å². The number of esters is 1. The van der Waals surface area contributed by atoms with Gasteiger partial charge in [0, 0.05) is 19.2 Å². The maximum absolute atomic E-state index is 13.2. The third-order valence-corrected chi connectivity index (χ3v) is 2.09. The largest absolute Gasteiger partial charge is 0.459 e. The molecular weight excluding hydrogens is 213 g/mol. The van der Waals surface area contributed by atoms with Crippen LogP contribution in [0.4, 0.5) is 4.39 Å². The summed E-state index contributed by atoms with van der Waals surface area (Å²) in [6, 6.07) is 6.09. The highest BCUT2D eigenvalue weighted by atomic mass is 19.1. The predicted octanol–water partition coefficient (Wildman–Crippen LogP) is 0.843. The topological polar surface area (TPSA) is 61.5 Å². The SMILES string of the molecule is COC(CN)C(=O)OCc1ccccc1F. The standard InChI is InChI=1S/C11H14FNO3/c1-15-10(6-13)11(14)16-7-8-4-2-3-5-9(8)12/h2-5,10H,6-7,13H2,1H3. The van der Waals surface area contributed by atoms with Crippen LogP contribution in [0.15, 0.2) is 24.3 Å². The number of carbonyl (C=O) groups is 1. The number of rotatable bonds is 5. The normalized spacial score (nSPS) is 12.2. The zero-order chi connectivity index (χ0) is 12.0. The van der Waals surface area contributed by atoms with Gasteiger partial charge >= 0.3 is 5.97 Å². The summed E-state index contributed by atoms with van der Waals surface area (Å²) < 4.78 is 22.8. The van der Waals surface area contributed by atoms with Crippen molar-refractivity contribution < 1.29 is 18.7 Å². The molecule has 4 nitrogen and oxygen atoms in total. The maximum Gasteiger partial charge on any atom is 0.336 e. The summed E-state index contributed by atoms with van der Waals surface area (Å²) in [5.74, 6) is -0.995. The molecule has 5 heteroatoms. The third-order valence-electron chi connectivity index (χ3n) is 2.09. The lowest BCUT2D eigenvalue weighted by molar-refractivity contribution is -0.156. The molecule has 0 aliphatic carbocycles. The van der Waals surface area contributed by atoms with Gasteiger partial charge in [0.15, 0.2) is 6.10 Å². The smallest absolute Gasteiger partial charge is 0.336 e. The van der Waals surface area contributed by atoms with Gasteiger partial charge in [-0.05, 0) is 6.07 Å². The van der Waals surface area contributed by atoms with E-state index in [4.69, 9.17) is 15.2 Å². The molecule has 0 bridgehead atoms. The Labute approximate surface area is 93.2 Å². The Morgan fingerprint density at radius 3 is 2.75 bits per heavy atom. The molecule has 1 aromatic carbocycles. The van der Waals surface area contributed by atoms with E-state index in [9.17, 15) is 9.18 Å². The Morgan fingerprint density at radius 2 is 2.19 bits per heavy atom. The first-order valence-electron chi connectivity index (χ1n) is 4.82. The van der Waals surface area contributed by atoms with E-state index in [0.29, 0.717) is 5.56 Å². The number of benzene rings is 1. The summed E-state index contributed by atoms with van der Waals surface area (Å²) in [5.41, 5.74) is 5.61. The molecule has 1 atom stereocenters. The molecule has 88 valence electrons. The van der Waals surface area contributed by atoms with E-state index in [-0.39, 0.29) is 13.2 Å². The van der Waals surface area contributed by atoms with E-state index in [1.165, 1.54) is 13.2 Å². The van der Waals surface area contributed by atoms with E-state index in [1.807, 2.05) is 0 Å². The second-order valence-electron chi connectivity index (χ2n) is 3.16. The lowest BCUT2D eigenvalue weighted by atomic mass is 10.2. The van der Waals surface area contributed by atoms with Crippen molar-refractivity contribution in [3.05, 3.63) is 35.6 Å². The van der Waals surface area contributed by atoms with Crippen molar-refractivity contribution in [1.29, 1.82) is 0 Å². The Kier molecular flexibility index (Phi) is 4.88. The maximum atomic E-state index is 13.2. The number of halogens is 1. The van der Waals surface area contributed by atoms with Crippen LogP contribution in [0.2, 0.25) is 0 Å². The first-order valence-corrected chi connectivity index (χ1v) is 4.82. The Morgan fingerprint density at radius 1 is 1.50 bits per heavy atom. The van der Waals surface area contributed by atoms with Gasteiger partial charge in [-0.25, -0.2) is 9.18 Å². The monoisotopic (exact) mass is 227 g/mol. The quantitative estimate of drug-likeness (QED) is 0.757. The van der Waals surface area contributed by atoms with E-state index in [2.05, 4.69) is 0 Å². The highest BCUT2D eigenvalue weighted by molar-refractivity contribution is 5.74. The molecule has 1 aromatic rings. The molecule has 0 radical (unpaired) electrons. The summed E-state index contributed by atoms with van der Waals surface area (Å²) >= 11 is 0. The Bertz CT molecular complexity index is 353. The molecule has 1 rings (SSSR count). The molecule has 0 fully saturated rings. The average Bonchev–Trinajstić information content (AvgIpc) is 2.29. The summed E-state index contributed by atoms with van der Waals surface area (Å²) in [4.78, 5) is 11.3. The number of nitrogens with two attached hydrogens (primary N) is 1. The number of ether oxygens (including phenoxy) is 2. The van der Waals surface area contributed by atoms with Crippen LogP contribution in [-0.4, -0.2) is 25.7 Å². The van der Waals surface area contributed by atoms with E-state index < -0.39 is 17.9 Å². The first-order chi connectivity index (χ1) is 7.69. The molecule has 16 heavy (non-hydrogen) atoms. The molecule has 0 aliphatic rings. The Hall–Kier alpha value is -1.46. The second-order valence-corrected chi connectivity index (χ2v) is 3.16. The van der Waals surface area contributed by atoms with Crippen LogP contribution < -0.4 is 5.73 Å². The van der Waals surface area contributed by atoms with Crippen LogP contribution in [0.5, 0.6) is 0 Å². The molecule has 0 heterocycles. The van der Waals surface area contributed by atoms with Gasteiger partial charge in [-0.1, -0.05) is 18.2 Å². The summed E-state index contributed by atoms with van der Waals surface area (Å²) in [5, 5.41) is 0. The minimum absolute atomic E-state index is 0.0343. The summed E-state index contributed by atoms with van der Waals surface area (Å²) in [6.45, 7) is -0.0853. The summed E-state index contributed by atoms with van der Waals surface area (Å²) in [6.07, 6.45) is -0.799. The molecule has 2 N–H and O–H groups in total. The van der Waals surface area contributed by atoms with Crippen LogP contribution in [0, 0.1) is 5.82 Å². The molecule has 0 saturated heterocycles. The highest BCUT2D eigenvalue weighted by Gasteiger charge is 2.17. The van der Waals surface area contributed by atoms with Crippen molar-refractivity contribution >= 4 is 5.97 Å². The highest BCUT2D eigenvalue weighted by Crippen LogP contribution is 2.08. The van der Waals surface area contributed by atoms with Gasteiger partial charge in [0.25, 0.3) is 0 Å².